The Hall–Kier alpha value is -1.26. The van der Waals surface area contributed by atoms with Crippen LogP contribution in [0.5, 0.6) is 0 Å². The molecule has 0 amide bonds. The van der Waals surface area contributed by atoms with Gasteiger partial charge in [-0.25, -0.2) is 0 Å². The molecule has 112 valence electrons. The van der Waals surface area contributed by atoms with Gasteiger partial charge in [-0.2, -0.15) is 0 Å². The molecular weight excluding hydrogens is 250 g/mol. The zero-order valence-corrected chi connectivity index (χ0v) is 12.9. The van der Waals surface area contributed by atoms with Gasteiger partial charge in [0.1, 0.15) is 0 Å². The monoisotopic (exact) mass is 277 g/mol. The minimum Gasteiger partial charge on any atom is -0.399 e. The number of hydrogen-bond donors (Lipinski definition) is 1. The van der Waals surface area contributed by atoms with Gasteiger partial charge in [0.15, 0.2) is 0 Å². The maximum atomic E-state index is 5.94. The van der Waals surface area contributed by atoms with Crippen LogP contribution in [0.25, 0.3) is 0 Å². The fourth-order valence-electron chi connectivity index (χ4n) is 2.96. The van der Waals surface area contributed by atoms with E-state index in [1.807, 2.05) is 6.07 Å². The normalized spacial score (nSPS) is 16.9. The molecule has 1 aliphatic heterocycles. The standard InChI is InChI=1S/C16H27N3O/c1-18(2)11-14-10-15(17)4-5-16(14)19-8-6-13(7-9-19)12-20-3/h4-5,10,13H,6-9,11-12,17H2,1-3H3. The molecule has 0 atom stereocenters. The highest BCUT2D eigenvalue weighted by Crippen LogP contribution is 2.28. The Balaban J connectivity index is 2.09. The van der Waals surface area contributed by atoms with E-state index in [0.29, 0.717) is 5.92 Å². The Morgan fingerprint density at radius 1 is 1.30 bits per heavy atom. The third-order valence-corrected chi connectivity index (χ3v) is 3.95. The van der Waals surface area contributed by atoms with Crippen LogP contribution in [-0.4, -0.2) is 45.8 Å². The molecule has 0 saturated carbocycles. The Morgan fingerprint density at radius 2 is 2.00 bits per heavy atom. The Labute approximate surface area is 122 Å². The molecule has 0 radical (unpaired) electrons. The molecule has 1 saturated heterocycles. The van der Waals surface area contributed by atoms with Crippen LogP contribution in [-0.2, 0) is 11.3 Å². The topological polar surface area (TPSA) is 41.7 Å². The van der Waals surface area contributed by atoms with Gasteiger partial charge in [-0.05, 0) is 56.6 Å². The summed E-state index contributed by atoms with van der Waals surface area (Å²) in [6.45, 7) is 4.04. The number of benzene rings is 1. The number of nitrogens with two attached hydrogens (primary N) is 1. The van der Waals surface area contributed by atoms with Crippen molar-refractivity contribution >= 4 is 11.4 Å². The first-order valence-electron chi connectivity index (χ1n) is 7.37. The van der Waals surface area contributed by atoms with Gasteiger partial charge < -0.3 is 20.3 Å². The summed E-state index contributed by atoms with van der Waals surface area (Å²) in [5, 5.41) is 0. The molecule has 2 N–H and O–H groups in total. The van der Waals surface area contributed by atoms with E-state index in [2.05, 4.69) is 36.0 Å². The minimum atomic E-state index is 0.710. The van der Waals surface area contributed by atoms with E-state index in [9.17, 15) is 0 Å². The lowest BCUT2D eigenvalue weighted by molar-refractivity contribution is 0.139. The van der Waals surface area contributed by atoms with Gasteiger partial charge in [-0.3, -0.25) is 0 Å². The first-order chi connectivity index (χ1) is 9.60. The van der Waals surface area contributed by atoms with Gasteiger partial charge in [0.05, 0.1) is 0 Å². The largest absolute Gasteiger partial charge is 0.399 e. The van der Waals surface area contributed by atoms with Crippen molar-refractivity contribution in [2.75, 3.05) is 51.5 Å². The second-order valence-electron chi connectivity index (χ2n) is 6.01. The molecule has 1 fully saturated rings. The molecule has 0 aromatic heterocycles. The predicted octanol–water partition coefficient (Wildman–Crippen LogP) is 2.19. The van der Waals surface area contributed by atoms with E-state index in [1.165, 1.54) is 24.1 Å². The van der Waals surface area contributed by atoms with Crippen LogP contribution in [0.4, 0.5) is 11.4 Å². The van der Waals surface area contributed by atoms with Crippen molar-refractivity contribution in [2.45, 2.75) is 19.4 Å². The number of piperidine rings is 1. The molecule has 1 aliphatic rings. The highest BCUT2D eigenvalue weighted by Gasteiger charge is 2.21. The van der Waals surface area contributed by atoms with Crippen LogP contribution in [0.15, 0.2) is 18.2 Å². The lowest BCUT2D eigenvalue weighted by atomic mass is 9.96. The van der Waals surface area contributed by atoms with Gasteiger partial charge in [0.25, 0.3) is 0 Å². The van der Waals surface area contributed by atoms with Crippen molar-refractivity contribution in [1.82, 2.24) is 4.90 Å². The molecule has 2 rings (SSSR count). The molecule has 0 unspecified atom stereocenters. The first kappa shape index (κ1) is 15.1. The van der Waals surface area contributed by atoms with Crippen LogP contribution >= 0.6 is 0 Å². The fraction of sp³-hybridized carbons (Fsp3) is 0.625. The van der Waals surface area contributed by atoms with Crippen LogP contribution in [0, 0.1) is 5.92 Å². The second-order valence-corrected chi connectivity index (χ2v) is 6.01. The highest BCUT2D eigenvalue weighted by molar-refractivity contribution is 5.60. The molecule has 1 aromatic carbocycles. The first-order valence-corrected chi connectivity index (χ1v) is 7.37. The molecule has 4 nitrogen and oxygen atoms in total. The zero-order chi connectivity index (χ0) is 14.5. The number of anilines is 2. The molecule has 0 spiro atoms. The average Bonchev–Trinajstić information content (AvgIpc) is 2.40. The van der Waals surface area contributed by atoms with Gasteiger partial charge >= 0.3 is 0 Å². The van der Waals surface area contributed by atoms with Crippen LogP contribution in [0.2, 0.25) is 0 Å². The number of methoxy groups -OCH3 is 1. The van der Waals surface area contributed by atoms with Crippen molar-refractivity contribution in [3.8, 4) is 0 Å². The van der Waals surface area contributed by atoms with E-state index in [0.717, 1.165) is 31.9 Å². The van der Waals surface area contributed by atoms with Crippen LogP contribution < -0.4 is 10.6 Å². The summed E-state index contributed by atoms with van der Waals surface area (Å²) in [5.41, 5.74) is 9.44. The summed E-state index contributed by atoms with van der Waals surface area (Å²) in [6.07, 6.45) is 2.42. The maximum absolute atomic E-state index is 5.94. The lowest BCUT2D eigenvalue weighted by Crippen LogP contribution is -2.35. The van der Waals surface area contributed by atoms with E-state index in [-0.39, 0.29) is 0 Å². The molecule has 1 heterocycles. The van der Waals surface area contributed by atoms with Gasteiger partial charge in [0.2, 0.25) is 0 Å². The quantitative estimate of drug-likeness (QED) is 0.838. The molecule has 20 heavy (non-hydrogen) atoms. The number of nitrogen functional groups attached to an aromatic ring is 1. The van der Waals surface area contributed by atoms with Gasteiger partial charge in [0, 0.05) is 44.7 Å². The molecule has 1 aromatic rings. The number of rotatable bonds is 5. The third kappa shape index (κ3) is 3.87. The Morgan fingerprint density at radius 3 is 2.60 bits per heavy atom. The summed E-state index contributed by atoms with van der Waals surface area (Å²) in [7, 11) is 5.98. The summed E-state index contributed by atoms with van der Waals surface area (Å²) in [6, 6.07) is 6.29. The van der Waals surface area contributed by atoms with Crippen molar-refractivity contribution in [2.24, 2.45) is 5.92 Å². The van der Waals surface area contributed by atoms with E-state index < -0.39 is 0 Å². The van der Waals surface area contributed by atoms with Crippen molar-refractivity contribution in [1.29, 1.82) is 0 Å². The maximum Gasteiger partial charge on any atom is 0.0491 e. The predicted molar refractivity (Wildman–Crippen MR) is 85.1 cm³/mol. The second kappa shape index (κ2) is 6.95. The summed E-state index contributed by atoms with van der Waals surface area (Å²) < 4.78 is 5.27. The minimum absolute atomic E-state index is 0.710. The van der Waals surface area contributed by atoms with Crippen LogP contribution in [0.1, 0.15) is 18.4 Å². The van der Waals surface area contributed by atoms with E-state index in [4.69, 9.17) is 10.5 Å². The average molecular weight is 277 g/mol. The lowest BCUT2D eigenvalue weighted by Gasteiger charge is -2.35. The molecule has 0 aliphatic carbocycles. The van der Waals surface area contributed by atoms with Gasteiger partial charge in [-0.15, -0.1) is 0 Å². The van der Waals surface area contributed by atoms with Crippen molar-refractivity contribution in [3.63, 3.8) is 0 Å². The smallest absolute Gasteiger partial charge is 0.0491 e. The summed E-state index contributed by atoms with van der Waals surface area (Å²) in [5.74, 6) is 0.710. The zero-order valence-electron chi connectivity index (χ0n) is 12.9. The fourth-order valence-corrected chi connectivity index (χ4v) is 2.96. The van der Waals surface area contributed by atoms with Crippen molar-refractivity contribution < 1.29 is 4.74 Å². The molecular formula is C16H27N3O. The third-order valence-electron chi connectivity index (χ3n) is 3.95. The number of hydrogen-bond acceptors (Lipinski definition) is 4. The number of ether oxygens (including phenoxy) is 1. The SMILES string of the molecule is COCC1CCN(c2ccc(N)cc2CN(C)C)CC1. The summed E-state index contributed by atoms with van der Waals surface area (Å²) in [4.78, 5) is 4.68. The van der Waals surface area contributed by atoms with E-state index >= 15 is 0 Å². The molecule has 0 bridgehead atoms. The van der Waals surface area contributed by atoms with Crippen LogP contribution in [0.3, 0.4) is 0 Å². The molecule has 4 heteroatoms. The van der Waals surface area contributed by atoms with E-state index in [1.54, 1.807) is 7.11 Å². The Bertz CT molecular complexity index is 426. The number of nitrogens with zero attached hydrogens (tertiary/aromatic N) is 2. The Kier molecular flexibility index (Phi) is 5.26. The highest BCUT2D eigenvalue weighted by atomic mass is 16.5. The van der Waals surface area contributed by atoms with Crippen molar-refractivity contribution in [3.05, 3.63) is 23.8 Å². The van der Waals surface area contributed by atoms with Gasteiger partial charge in [-0.1, -0.05) is 0 Å². The summed E-state index contributed by atoms with van der Waals surface area (Å²) >= 11 is 0.